The van der Waals surface area contributed by atoms with Crippen molar-refractivity contribution in [3.8, 4) is 0 Å². The maximum Gasteiger partial charge on any atom is 0.287 e. The number of carbonyl (C=O) groups excluding carboxylic acids is 2. The van der Waals surface area contributed by atoms with Gasteiger partial charge >= 0.3 is 0 Å². The molecule has 0 saturated carbocycles. The Labute approximate surface area is 152 Å². The summed E-state index contributed by atoms with van der Waals surface area (Å²) < 4.78 is 0.318. The van der Waals surface area contributed by atoms with Crippen molar-refractivity contribution in [3.05, 3.63) is 33.2 Å². The highest BCUT2D eigenvalue weighted by Gasteiger charge is 2.39. The molecule has 23 heavy (non-hydrogen) atoms. The fraction of sp³-hybridized carbons (Fsp3) is 0.214. The summed E-state index contributed by atoms with van der Waals surface area (Å²) >= 11 is 14.0. The van der Waals surface area contributed by atoms with Gasteiger partial charge in [0.15, 0.2) is 4.32 Å². The van der Waals surface area contributed by atoms with Gasteiger partial charge in [0.1, 0.15) is 9.93 Å². The summed E-state index contributed by atoms with van der Waals surface area (Å²) in [7, 11) is 0. The number of hydrogen-bond acceptors (Lipinski definition) is 6. The number of anilines is 1. The van der Waals surface area contributed by atoms with Gasteiger partial charge in [-0.05, 0) is 49.1 Å². The van der Waals surface area contributed by atoms with E-state index in [0.29, 0.717) is 20.8 Å². The van der Waals surface area contributed by atoms with Crippen LogP contribution in [0.4, 0.5) is 5.69 Å². The molecule has 2 amide bonds. The highest BCUT2D eigenvalue weighted by molar-refractivity contribution is 8.27. The van der Waals surface area contributed by atoms with Crippen molar-refractivity contribution in [3.63, 3.8) is 0 Å². The predicted molar refractivity (Wildman–Crippen MR) is 98.2 cm³/mol. The third kappa shape index (κ3) is 2.96. The fourth-order valence-corrected chi connectivity index (χ4v) is 4.99. The SMILES string of the molecule is CCN1C(=C2SC(=S)N(NC(C)=O)C2=O)Sc2ccc(Cl)cc21. The molecule has 0 aromatic heterocycles. The van der Waals surface area contributed by atoms with E-state index in [1.807, 2.05) is 30.0 Å². The van der Waals surface area contributed by atoms with Crippen molar-refractivity contribution in [1.82, 2.24) is 10.4 Å². The summed E-state index contributed by atoms with van der Waals surface area (Å²) in [5, 5.41) is 2.58. The third-order valence-corrected chi connectivity index (χ3v) is 6.12. The number of amides is 2. The van der Waals surface area contributed by atoms with Crippen LogP contribution in [0.1, 0.15) is 13.8 Å². The van der Waals surface area contributed by atoms with Gasteiger partial charge in [-0.15, -0.1) is 0 Å². The number of rotatable bonds is 2. The summed E-state index contributed by atoms with van der Waals surface area (Å²) in [5.41, 5.74) is 3.43. The molecule has 0 aliphatic carbocycles. The topological polar surface area (TPSA) is 52.6 Å². The van der Waals surface area contributed by atoms with Crippen molar-refractivity contribution >= 4 is 69.2 Å². The van der Waals surface area contributed by atoms with Gasteiger partial charge in [0, 0.05) is 23.4 Å². The van der Waals surface area contributed by atoms with Crippen LogP contribution in [0.5, 0.6) is 0 Å². The Morgan fingerprint density at radius 2 is 2.13 bits per heavy atom. The number of carbonyl (C=O) groups is 2. The summed E-state index contributed by atoms with van der Waals surface area (Å²) in [6.45, 7) is 4.04. The van der Waals surface area contributed by atoms with Gasteiger partial charge in [0.05, 0.1) is 5.69 Å². The smallest absolute Gasteiger partial charge is 0.287 e. The molecule has 2 aliphatic heterocycles. The average molecular weight is 386 g/mol. The highest BCUT2D eigenvalue weighted by Crippen LogP contribution is 2.50. The van der Waals surface area contributed by atoms with Crippen LogP contribution in [-0.2, 0) is 9.59 Å². The van der Waals surface area contributed by atoms with E-state index in [-0.39, 0.29) is 11.8 Å². The minimum atomic E-state index is -0.339. The minimum absolute atomic E-state index is 0.310. The van der Waals surface area contributed by atoms with Crippen LogP contribution in [-0.4, -0.2) is 27.7 Å². The second-order valence-corrected chi connectivity index (χ2v) is 7.88. The Morgan fingerprint density at radius 3 is 2.78 bits per heavy atom. The third-order valence-electron chi connectivity index (χ3n) is 3.21. The van der Waals surface area contributed by atoms with Gasteiger partial charge in [-0.3, -0.25) is 15.0 Å². The molecule has 120 valence electrons. The first-order valence-electron chi connectivity index (χ1n) is 6.75. The number of thioether (sulfide) groups is 2. The van der Waals surface area contributed by atoms with E-state index in [2.05, 4.69) is 5.43 Å². The van der Waals surface area contributed by atoms with E-state index in [4.69, 9.17) is 23.8 Å². The second-order valence-electron chi connectivity index (χ2n) is 4.77. The molecule has 0 radical (unpaired) electrons. The number of thiocarbonyl (C=S) groups is 1. The van der Waals surface area contributed by atoms with E-state index in [0.717, 1.165) is 20.6 Å². The molecule has 1 saturated heterocycles. The first-order chi connectivity index (χ1) is 10.9. The second kappa shape index (κ2) is 6.35. The van der Waals surface area contributed by atoms with E-state index < -0.39 is 0 Å². The summed E-state index contributed by atoms with van der Waals surface area (Å²) in [5.74, 6) is -0.649. The van der Waals surface area contributed by atoms with Gasteiger partial charge in [0.2, 0.25) is 5.91 Å². The zero-order chi connectivity index (χ0) is 16.7. The molecule has 0 unspecified atom stereocenters. The Balaban J connectivity index is 2.01. The summed E-state index contributed by atoms with van der Waals surface area (Å²) in [6.07, 6.45) is 0. The molecular weight excluding hydrogens is 374 g/mol. The lowest BCUT2D eigenvalue weighted by Gasteiger charge is -2.19. The van der Waals surface area contributed by atoms with Crippen LogP contribution in [0.15, 0.2) is 33.0 Å². The molecule has 9 heteroatoms. The van der Waals surface area contributed by atoms with Crippen molar-refractivity contribution in [2.24, 2.45) is 0 Å². The van der Waals surface area contributed by atoms with E-state index in [1.54, 1.807) is 0 Å². The van der Waals surface area contributed by atoms with Gasteiger partial charge in [-0.25, -0.2) is 0 Å². The Bertz CT molecular complexity index is 766. The van der Waals surface area contributed by atoms with E-state index >= 15 is 0 Å². The summed E-state index contributed by atoms with van der Waals surface area (Å²) in [6, 6.07) is 5.65. The Morgan fingerprint density at radius 1 is 1.39 bits per heavy atom. The molecule has 0 atom stereocenters. The van der Waals surface area contributed by atoms with Crippen molar-refractivity contribution in [2.45, 2.75) is 18.7 Å². The number of nitrogens with one attached hydrogen (secondary N) is 1. The Hall–Kier alpha value is -1.22. The van der Waals surface area contributed by atoms with Gasteiger partial charge in [0.25, 0.3) is 5.91 Å². The van der Waals surface area contributed by atoms with Gasteiger partial charge in [-0.1, -0.05) is 23.4 Å². The molecule has 1 N–H and O–H groups in total. The van der Waals surface area contributed by atoms with Crippen LogP contribution in [0.2, 0.25) is 5.02 Å². The van der Waals surface area contributed by atoms with Gasteiger partial charge in [-0.2, -0.15) is 5.01 Å². The van der Waals surface area contributed by atoms with Crippen LogP contribution in [0.3, 0.4) is 0 Å². The minimum Gasteiger partial charge on any atom is -0.334 e. The first kappa shape index (κ1) is 16.6. The number of hydrazine groups is 1. The monoisotopic (exact) mass is 385 g/mol. The Kier molecular flexibility index (Phi) is 4.59. The molecule has 1 fully saturated rings. The highest BCUT2D eigenvalue weighted by atomic mass is 35.5. The van der Waals surface area contributed by atoms with Crippen LogP contribution >= 0.6 is 47.3 Å². The van der Waals surface area contributed by atoms with Crippen molar-refractivity contribution in [2.75, 3.05) is 11.4 Å². The maximum atomic E-state index is 12.6. The van der Waals surface area contributed by atoms with Gasteiger partial charge < -0.3 is 4.90 Å². The number of benzene rings is 1. The fourth-order valence-electron chi connectivity index (χ4n) is 2.29. The molecular formula is C14H12ClN3O2S3. The molecule has 2 heterocycles. The predicted octanol–water partition coefficient (Wildman–Crippen LogP) is 3.35. The van der Waals surface area contributed by atoms with Crippen molar-refractivity contribution < 1.29 is 9.59 Å². The lowest BCUT2D eigenvalue weighted by atomic mass is 10.3. The lowest BCUT2D eigenvalue weighted by Crippen LogP contribution is -2.43. The zero-order valence-corrected chi connectivity index (χ0v) is 15.5. The normalized spacial score (nSPS) is 20.3. The quantitative estimate of drug-likeness (QED) is 0.622. The number of fused-ring (bicyclic) bond motifs is 1. The lowest BCUT2D eigenvalue weighted by molar-refractivity contribution is -0.132. The van der Waals surface area contributed by atoms with E-state index in [9.17, 15) is 9.59 Å². The molecule has 0 bridgehead atoms. The number of halogens is 1. The van der Waals surface area contributed by atoms with Crippen LogP contribution < -0.4 is 10.3 Å². The zero-order valence-electron chi connectivity index (χ0n) is 12.3. The molecule has 0 spiro atoms. The maximum absolute atomic E-state index is 12.6. The van der Waals surface area contributed by atoms with Crippen LogP contribution in [0, 0.1) is 0 Å². The van der Waals surface area contributed by atoms with E-state index in [1.165, 1.54) is 30.4 Å². The standard InChI is InChI=1S/C14H12ClN3O2S3/c1-3-17-9-6-8(15)4-5-10(9)22-13(17)11-12(20)18(14(21)23-11)16-7(2)19/h4-6H,3H2,1-2H3,(H,16,19). The molecule has 1 aromatic carbocycles. The summed E-state index contributed by atoms with van der Waals surface area (Å²) in [4.78, 5) is 27.4. The van der Waals surface area contributed by atoms with Crippen LogP contribution in [0.25, 0.3) is 0 Å². The number of nitrogens with zero attached hydrogens (tertiary/aromatic N) is 2. The average Bonchev–Trinajstić information content (AvgIpc) is 2.98. The molecule has 3 rings (SSSR count). The molecule has 2 aliphatic rings. The van der Waals surface area contributed by atoms with Crippen molar-refractivity contribution in [1.29, 1.82) is 0 Å². The molecule has 5 nitrogen and oxygen atoms in total. The number of hydrogen-bond donors (Lipinski definition) is 1. The largest absolute Gasteiger partial charge is 0.334 e. The molecule has 1 aromatic rings. The first-order valence-corrected chi connectivity index (χ1v) is 9.17.